The van der Waals surface area contributed by atoms with Crippen LogP contribution in [0.3, 0.4) is 0 Å². The number of nitrogens with one attached hydrogen (secondary N) is 1. The zero-order chi connectivity index (χ0) is 16.9. The number of carbonyl (C=O) groups is 2. The van der Waals surface area contributed by atoms with Crippen LogP contribution in [0.15, 0.2) is 0 Å². The highest BCUT2D eigenvalue weighted by atomic mass is 32.2. The minimum atomic E-state index is -3.02. The van der Waals surface area contributed by atoms with Crippen LogP contribution in [-0.2, 0) is 19.4 Å². The van der Waals surface area contributed by atoms with E-state index in [9.17, 15) is 18.0 Å². The third-order valence-electron chi connectivity index (χ3n) is 4.90. The summed E-state index contributed by atoms with van der Waals surface area (Å²) in [4.78, 5) is 25.9. The van der Waals surface area contributed by atoms with Crippen molar-refractivity contribution in [2.75, 3.05) is 24.6 Å². The molecule has 0 radical (unpaired) electrons. The molecule has 1 aliphatic heterocycles. The Bertz CT molecular complexity index is 526. The van der Waals surface area contributed by atoms with Crippen LogP contribution in [0, 0.1) is 5.92 Å². The summed E-state index contributed by atoms with van der Waals surface area (Å²) in [7, 11) is -3.02. The molecule has 0 bridgehead atoms. The van der Waals surface area contributed by atoms with Crippen molar-refractivity contribution in [1.82, 2.24) is 10.2 Å². The van der Waals surface area contributed by atoms with E-state index in [4.69, 9.17) is 0 Å². The molecule has 2 amide bonds. The topological polar surface area (TPSA) is 83.6 Å². The summed E-state index contributed by atoms with van der Waals surface area (Å²) in [6.07, 6.45) is 6.18. The predicted molar refractivity (Wildman–Crippen MR) is 88.6 cm³/mol. The molecule has 0 aromatic rings. The zero-order valence-electron chi connectivity index (χ0n) is 13.9. The second-order valence-electron chi connectivity index (χ2n) is 6.62. The largest absolute Gasteiger partial charge is 0.354 e. The average Bonchev–Trinajstić information content (AvgIpc) is 2.91. The molecule has 0 aromatic carbocycles. The number of amides is 2. The standard InChI is InChI=1S/C16H28N2O4S/c1-2-15(19)18(14-8-11-23(21,22)12-14)10-9-17-16(20)13-6-4-3-5-7-13/h13-14H,2-12H2,1H3,(H,17,20). The van der Waals surface area contributed by atoms with Gasteiger partial charge in [0, 0.05) is 31.5 Å². The monoisotopic (exact) mass is 344 g/mol. The molecular formula is C16H28N2O4S. The molecule has 1 atom stereocenters. The van der Waals surface area contributed by atoms with Crippen molar-refractivity contribution in [3.63, 3.8) is 0 Å². The molecule has 0 spiro atoms. The lowest BCUT2D eigenvalue weighted by Gasteiger charge is -2.28. The fourth-order valence-corrected chi connectivity index (χ4v) is 5.27. The van der Waals surface area contributed by atoms with Gasteiger partial charge in [0.2, 0.25) is 11.8 Å². The Morgan fingerprint density at radius 2 is 1.83 bits per heavy atom. The fourth-order valence-electron chi connectivity index (χ4n) is 3.54. The maximum atomic E-state index is 12.1. The first-order valence-electron chi connectivity index (χ1n) is 8.70. The van der Waals surface area contributed by atoms with E-state index in [0.29, 0.717) is 25.9 Å². The molecule has 1 aliphatic carbocycles. The van der Waals surface area contributed by atoms with Crippen LogP contribution >= 0.6 is 0 Å². The van der Waals surface area contributed by atoms with E-state index in [1.165, 1.54) is 6.42 Å². The second-order valence-corrected chi connectivity index (χ2v) is 8.85. The number of sulfone groups is 1. The summed E-state index contributed by atoms with van der Waals surface area (Å²) in [5.41, 5.74) is 0. The first kappa shape index (κ1) is 18.2. The zero-order valence-corrected chi connectivity index (χ0v) is 14.7. The Morgan fingerprint density at radius 1 is 1.13 bits per heavy atom. The van der Waals surface area contributed by atoms with Gasteiger partial charge in [-0.3, -0.25) is 9.59 Å². The maximum Gasteiger partial charge on any atom is 0.223 e. The molecule has 2 aliphatic rings. The molecule has 2 rings (SSSR count). The number of hydrogen-bond donors (Lipinski definition) is 1. The number of rotatable bonds is 6. The number of hydrogen-bond acceptors (Lipinski definition) is 4. The van der Waals surface area contributed by atoms with Crippen LogP contribution in [0.2, 0.25) is 0 Å². The summed E-state index contributed by atoms with van der Waals surface area (Å²) in [6.45, 7) is 2.57. The molecule has 1 unspecified atom stereocenters. The highest BCUT2D eigenvalue weighted by molar-refractivity contribution is 7.91. The van der Waals surface area contributed by atoms with E-state index in [1.807, 2.05) is 0 Å². The van der Waals surface area contributed by atoms with Gasteiger partial charge in [-0.05, 0) is 19.3 Å². The summed E-state index contributed by atoms with van der Waals surface area (Å²) >= 11 is 0. The minimum absolute atomic E-state index is 0.0426. The number of carbonyl (C=O) groups excluding carboxylic acids is 2. The van der Waals surface area contributed by atoms with Crippen LogP contribution in [0.5, 0.6) is 0 Å². The molecule has 0 aromatic heterocycles. The van der Waals surface area contributed by atoms with E-state index in [0.717, 1.165) is 25.7 Å². The van der Waals surface area contributed by atoms with E-state index in [-0.39, 0.29) is 35.3 Å². The molecule has 6 nitrogen and oxygen atoms in total. The molecule has 1 heterocycles. The summed E-state index contributed by atoms with van der Waals surface area (Å²) in [5.74, 6) is 0.340. The van der Waals surface area contributed by atoms with Gasteiger partial charge in [-0.2, -0.15) is 0 Å². The molecule has 1 saturated heterocycles. The number of nitrogens with zero attached hydrogens (tertiary/aromatic N) is 1. The van der Waals surface area contributed by atoms with E-state index >= 15 is 0 Å². The molecule has 2 fully saturated rings. The van der Waals surface area contributed by atoms with Crippen molar-refractivity contribution in [3.8, 4) is 0 Å². The highest BCUT2D eigenvalue weighted by Crippen LogP contribution is 2.23. The van der Waals surface area contributed by atoms with Gasteiger partial charge in [0.1, 0.15) is 0 Å². The normalized spacial score (nSPS) is 24.3. The Hall–Kier alpha value is -1.11. The van der Waals surface area contributed by atoms with Crippen LogP contribution in [0.1, 0.15) is 51.9 Å². The van der Waals surface area contributed by atoms with Gasteiger partial charge in [0.25, 0.3) is 0 Å². The summed E-state index contributed by atoms with van der Waals surface area (Å²) in [6, 6.07) is -0.237. The van der Waals surface area contributed by atoms with Crippen LogP contribution in [0.25, 0.3) is 0 Å². The van der Waals surface area contributed by atoms with Gasteiger partial charge in [-0.15, -0.1) is 0 Å². The lowest BCUT2D eigenvalue weighted by molar-refractivity contribution is -0.133. The van der Waals surface area contributed by atoms with Crippen molar-refractivity contribution >= 4 is 21.7 Å². The van der Waals surface area contributed by atoms with E-state index in [1.54, 1.807) is 11.8 Å². The SMILES string of the molecule is CCC(=O)N(CCNC(=O)C1CCCCC1)C1CCS(=O)(=O)C1. The van der Waals surface area contributed by atoms with Crippen molar-refractivity contribution in [2.24, 2.45) is 5.92 Å². The van der Waals surface area contributed by atoms with Gasteiger partial charge in [0.15, 0.2) is 9.84 Å². The Balaban J connectivity index is 1.84. The quantitative estimate of drug-likeness (QED) is 0.782. The second kappa shape index (κ2) is 8.13. The van der Waals surface area contributed by atoms with Crippen molar-refractivity contribution in [3.05, 3.63) is 0 Å². The van der Waals surface area contributed by atoms with Crippen LogP contribution in [0.4, 0.5) is 0 Å². The first-order valence-corrected chi connectivity index (χ1v) is 10.5. The maximum absolute atomic E-state index is 12.1. The van der Waals surface area contributed by atoms with Gasteiger partial charge in [0.05, 0.1) is 11.5 Å². The Kier molecular flexibility index (Phi) is 6.44. The average molecular weight is 344 g/mol. The van der Waals surface area contributed by atoms with Crippen molar-refractivity contribution < 1.29 is 18.0 Å². The van der Waals surface area contributed by atoms with Crippen LogP contribution in [-0.4, -0.2) is 55.8 Å². The third kappa shape index (κ3) is 5.19. The summed E-state index contributed by atoms with van der Waals surface area (Å²) in [5, 5.41) is 2.92. The van der Waals surface area contributed by atoms with Gasteiger partial charge in [-0.25, -0.2) is 8.42 Å². The van der Waals surface area contributed by atoms with Gasteiger partial charge in [-0.1, -0.05) is 26.2 Å². The molecular weight excluding hydrogens is 316 g/mol. The Labute approximate surface area is 138 Å². The van der Waals surface area contributed by atoms with Gasteiger partial charge >= 0.3 is 0 Å². The smallest absolute Gasteiger partial charge is 0.223 e. The highest BCUT2D eigenvalue weighted by Gasteiger charge is 2.34. The Morgan fingerprint density at radius 3 is 2.39 bits per heavy atom. The lowest BCUT2D eigenvalue weighted by atomic mass is 9.89. The molecule has 7 heteroatoms. The van der Waals surface area contributed by atoms with Crippen LogP contribution < -0.4 is 5.32 Å². The summed E-state index contributed by atoms with van der Waals surface area (Å²) < 4.78 is 23.3. The molecule has 23 heavy (non-hydrogen) atoms. The third-order valence-corrected chi connectivity index (χ3v) is 6.65. The lowest BCUT2D eigenvalue weighted by Crippen LogP contribution is -2.45. The molecule has 132 valence electrons. The molecule has 1 N–H and O–H groups in total. The fraction of sp³-hybridized carbons (Fsp3) is 0.875. The van der Waals surface area contributed by atoms with Crippen molar-refractivity contribution in [2.45, 2.75) is 57.9 Å². The van der Waals surface area contributed by atoms with Gasteiger partial charge < -0.3 is 10.2 Å². The molecule has 1 saturated carbocycles. The van der Waals surface area contributed by atoms with Crippen molar-refractivity contribution in [1.29, 1.82) is 0 Å². The first-order chi connectivity index (χ1) is 10.9. The minimum Gasteiger partial charge on any atom is -0.354 e. The van der Waals surface area contributed by atoms with E-state index < -0.39 is 9.84 Å². The van der Waals surface area contributed by atoms with E-state index in [2.05, 4.69) is 5.32 Å². The predicted octanol–water partition coefficient (Wildman–Crippen LogP) is 1.11.